The molecule has 10 nitrogen and oxygen atoms in total. The molecule has 4 rings (SSSR count). The van der Waals surface area contributed by atoms with Crippen LogP contribution in [0.2, 0.25) is 0 Å². The van der Waals surface area contributed by atoms with Gasteiger partial charge >= 0.3 is 0 Å². The second-order valence-electron chi connectivity index (χ2n) is 8.11. The van der Waals surface area contributed by atoms with Gasteiger partial charge in [0.2, 0.25) is 0 Å². The molecule has 33 heavy (non-hydrogen) atoms. The van der Waals surface area contributed by atoms with E-state index in [0.717, 1.165) is 25.3 Å². The summed E-state index contributed by atoms with van der Waals surface area (Å²) in [7, 11) is -2.16. The van der Waals surface area contributed by atoms with E-state index in [9.17, 15) is 27.2 Å². The number of carbonyl (C=O) groups is 3. The first-order valence-corrected chi connectivity index (χ1v) is 12.3. The number of aromatic amines is 1. The number of Topliss-reactive ketones (excluding diaryl/α,β-unsaturated/α-hetero) is 1. The predicted octanol–water partition coefficient (Wildman–Crippen LogP) is 0.724. The van der Waals surface area contributed by atoms with Gasteiger partial charge in [-0.05, 0) is 25.0 Å². The molecule has 3 heterocycles. The van der Waals surface area contributed by atoms with Crippen LogP contribution in [0, 0.1) is 5.82 Å². The van der Waals surface area contributed by atoms with Gasteiger partial charge in [0.15, 0.2) is 0 Å². The van der Waals surface area contributed by atoms with Crippen LogP contribution in [0.15, 0.2) is 18.3 Å². The molecule has 2 aliphatic heterocycles. The Balaban J connectivity index is 1.49. The molecule has 2 aromatic rings. The number of H-pyrrole nitrogens is 1. The summed E-state index contributed by atoms with van der Waals surface area (Å²) < 4.78 is 43.0. The normalized spacial score (nSPS) is 18.4. The molecule has 2 saturated heterocycles. The second kappa shape index (κ2) is 9.20. The van der Waals surface area contributed by atoms with Gasteiger partial charge < -0.3 is 15.2 Å². The maximum atomic E-state index is 14.5. The summed E-state index contributed by atoms with van der Waals surface area (Å²) in [4.78, 5) is 41.9. The predicted molar refractivity (Wildman–Crippen MR) is 118 cm³/mol. The Labute approximate surface area is 190 Å². The molecule has 2 amide bonds. The summed E-state index contributed by atoms with van der Waals surface area (Å²) in [5, 5.41) is 2.32. The topological polar surface area (TPSA) is 123 Å². The zero-order valence-corrected chi connectivity index (χ0v) is 19.1. The largest absolute Gasteiger partial charge is 0.360 e. The average molecular weight is 480 g/mol. The highest BCUT2D eigenvalue weighted by atomic mass is 32.2. The van der Waals surface area contributed by atoms with Gasteiger partial charge in [-0.2, -0.15) is 17.0 Å². The molecule has 2 aliphatic rings. The number of hydrogen-bond acceptors (Lipinski definition) is 5. The summed E-state index contributed by atoms with van der Waals surface area (Å²) in [5.41, 5.74) is 0.112. The molecule has 1 aromatic carbocycles. The summed E-state index contributed by atoms with van der Waals surface area (Å²) in [6.07, 6.45) is 3.89. The number of nitrogens with one attached hydrogen (secondary N) is 2. The molecule has 0 aliphatic carbocycles. The molecule has 2 fully saturated rings. The van der Waals surface area contributed by atoms with Crippen molar-refractivity contribution in [1.82, 2.24) is 23.8 Å². The highest BCUT2D eigenvalue weighted by Crippen LogP contribution is 2.26. The zero-order chi connectivity index (χ0) is 23.8. The van der Waals surface area contributed by atoms with Gasteiger partial charge in [0.1, 0.15) is 5.82 Å². The van der Waals surface area contributed by atoms with Gasteiger partial charge in [0.25, 0.3) is 27.8 Å². The number of nitrogens with zero attached hydrogens (tertiary/aromatic N) is 3. The number of carbonyl (C=O) groups excluding carboxylic acids is 3. The van der Waals surface area contributed by atoms with Gasteiger partial charge in [0, 0.05) is 57.9 Å². The lowest BCUT2D eigenvalue weighted by atomic mass is 10.0. The highest BCUT2D eigenvalue weighted by molar-refractivity contribution is 7.86. The number of benzene rings is 1. The molecule has 12 heteroatoms. The van der Waals surface area contributed by atoms with Crippen molar-refractivity contribution in [2.45, 2.75) is 19.3 Å². The zero-order valence-electron chi connectivity index (χ0n) is 18.3. The van der Waals surface area contributed by atoms with Gasteiger partial charge in [-0.25, -0.2) is 4.39 Å². The maximum absolute atomic E-state index is 14.5. The van der Waals surface area contributed by atoms with E-state index in [-0.39, 0.29) is 48.2 Å². The van der Waals surface area contributed by atoms with E-state index >= 15 is 0 Å². The number of piperazine rings is 1. The standard InChI is InChI=1S/C21H26FN5O5S/c1-23-20(29)14-5-6-16(22)17-15(13-24-18(14)17)19(28)21(30)25-9-11-27(12-10-25)33(31,32)26-7-3-2-4-8-26/h5-6,13,24H,2-4,7-12H2,1H3,(H,23,29). The van der Waals surface area contributed by atoms with E-state index in [1.54, 1.807) is 0 Å². The van der Waals surface area contributed by atoms with E-state index in [1.165, 1.54) is 32.8 Å². The Hall–Kier alpha value is -2.83. The van der Waals surface area contributed by atoms with Crippen molar-refractivity contribution in [3.8, 4) is 0 Å². The van der Waals surface area contributed by atoms with Crippen LogP contribution in [-0.4, -0.2) is 90.8 Å². The molecule has 2 N–H and O–H groups in total. The average Bonchev–Trinajstić information content (AvgIpc) is 3.29. The van der Waals surface area contributed by atoms with Crippen LogP contribution < -0.4 is 5.32 Å². The van der Waals surface area contributed by atoms with Crippen LogP contribution in [0.4, 0.5) is 4.39 Å². The fourth-order valence-corrected chi connectivity index (χ4v) is 6.02. The van der Waals surface area contributed by atoms with E-state index in [2.05, 4.69) is 10.3 Å². The molecule has 0 radical (unpaired) electrons. The number of rotatable bonds is 5. The summed E-state index contributed by atoms with van der Waals surface area (Å²) >= 11 is 0. The lowest BCUT2D eigenvalue weighted by Gasteiger charge is -2.37. The van der Waals surface area contributed by atoms with Crippen molar-refractivity contribution in [1.29, 1.82) is 0 Å². The van der Waals surface area contributed by atoms with Gasteiger partial charge in [-0.1, -0.05) is 6.42 Å². The van der Waals surface area contributed by atoms with E-state index in [1.807, 2.05) is 0 Å². The van der Waals surface area contributed by atoms with Crippen LogP contribution in [-0.2, 0) is 15.0 Å². The van der Waals surface area contributed by atoms with Crippen molar-refractivity contribution in [2.24, 2.45) is 0 Å². The molecule has 0 spiro atoms. The molecular weight excluding hydrogens is 453 g/mol. The Kier molecular flexibility index (Phi) is 6.50. The quantitative estimate of drug-likeness (QED) is 0.483. The number of aromatic nitrogens is 1. The van der Waals surface area contributed by atoms with Crippen molar-refractivity contribution in [3.05, 3.63) is 35.3 Å². The highest BCUT2D eigenvalue weighted by Gasteiger charge is 2.36. The number of amides is 2. The van der Waals surface area contributed by atoms with Gasteiger partial charge in [-0.15, -0.1) is 0 Å². The monoisotopic (exact) mass is 479 g/mol. The minimum atomic E-state index is -3.60. The van der Waals surface area contributed by atoms with Crippen LogP contribution in [0.5, 0.6) is 0 Å². The molecule has 1 aromatic heterocycles. The fraction of sp³-hybridized carbons (Fsp3) is 0.476. The van der Waals surface area contributed by atoms with Gasteiger partial charge in [-0.3, -0.25) is 14.4 Å². The smallest absolute Gasteiger partial charge is 0.295 e. The van der Waals surface area contributed by atoms with Crippen molar-refractivity contribution in [2.75, 3.05) is 46.3 Å². The Morgan fingerprint density at radius 1 is 0.939 bits per heavy atom. The first-order valence-electron chi connectivity index (χ1n) is 10.9. The Morgan fingerprint density at radius 3 is 2.21 bits per heavy atom. The van der Waals surface area contributed by atoms with Crippen molar-refractivity contribution < 1.29 is 27.2 Å². The van der Waals surface area contributed by atoms with E-state index in [4.69, 9.17) is 0 Å². The second-order valence-corrected chi connectivity index (χ2v) is 10.0. The van der Waals surface area contributed by atoms with Crippen molar-refractivity contribution >= 4 is 38.7 Å². The minimum Gasteiger partial charge on any atom is -0.360 e. The van der Waals surface area contributed by atoms with E-state index < -0.39 is 33.6 Å². The Morgan fingerprint density at radius 2 is 1.58 bits per heavy atom. The van der Waals surface area contributed by atoms with Gasteiger partial charge in [0.05, 0.1) is 16.6 Å². The summed E-state index contributed by atoms with van der Waals surface area (Å²) in [6.45, 7) is 1.27. The molecule has 0 unspecified atom stereocenters. The molecule has 0 atom stereocenters. The number of piperidine rings is 1. The lowest BCUT2D eigenvalue weighted by molar-refractivity contribution is -0.127. The molecular formula is C21H26FN5O5S. The summed E-state index contributed by atoms with van der Waals surface area (Å²) in [5.74, 6) is -2.94. The maximum Gasteiger partial charge on any atom is 0.295 e. The minimum absolute atomic E-state index is 0.0615. The lowest BCUT2D eigenvalue weighted by Crippen LogP contribution is -2.55. The first kappa shape index (κ1) is 23.3. The summed E-state index contributed by atoms with van der Waals surface area (Å²) in [6, 6.07) is 2.37. The van der Waals surface area contributed by atoms with Crippen LogP contribution in [0.3, 0.4) is 0 Å². The third kappa shape index (κ3) is 4.25. The first-order chi connectivity index (χ1) is 15.8. The molecule has 0 saturated carbocycles. The Bertz CT molecular complexity index is 1200. The van der Waals surface area contributed by atoms with Crippen LogP contribution >= 0.6 is 0 Å². The van der Waals surface area contributed by atoms with E-state index in [0.29, 0.717) is 13.1 Å². The number of halogens is 1. The van der Waals surface area contributed by atoms with Crippen LogP contribution in [0.1, 0.15) is 40.0 Å². The number of fused-ring (bicyclic) bond motifs is 1. The third-order valence-corrected chi connectivity index (χ3v) is 8.22. The molecule has 0 bridgehead atoms. The third-order valence-electron chi connectivity index (χ3n) is 6.19. The number of ketones is 1. The SMILES string of the molecule is CNC(=O)c1ccc(F)c2c(C(=O)C(=O)N3CCN(S(=O)(=O)N4CCCCC4)CC3)c[nH]c12. The fourth-order valence-electron chi connectivity index (χ4n) is 4.35. The molecule has 178 valence electrons. The number of hydrogen-bond donors (Lipinski definition) is 2. The van der Waals surface area contributed by atoms with Crippen molar-refractivity contribution in [3.63, 3.8) is 0 Å². The van der Waals surface area contributed by atoms with Crippen LogP contribution in [0.25, 0.3) is 10.9 Å².